The first-order chi connectivity index (χ1) is 15.7. The molecule has 1 aliphatic heterocycles. The van der Waals surface area contributed by atoms with Crippen LogP contribution in [0.1, 0.15) is 54.7 Å². The number of benzene rings is 2. The summed E-state index contributed by atoms with van der Waals surface area (Å²) < 4.78 is 46.2. The lowest BCUT2D eigenvalue weighted by Gasteiger charge is -2.65. The molecule has 1 saturated carbocycles. The van der Waals surface area contributed by atoms with Gasteiger partial charge < -0.3 is 9.64 Å². The van der Waals surface area contributed by atoms with Crippen LogP contribution in [-0.4, -0.2) is 27.9 Å². The van der Waals surface area contributed by atoms with Gasteiger partial charge in [0.15, 0.2) is 0 Å². The van der Waals surface area contributed by atoms with Crippen LogP contribution >= 0.6 is 0 Å². The molecule has 0 radical (unpaired) electrons. The lowest BCUT2D eigenvalue weighted by Crippen LogP contribution is -2.74. The van der Waals surface area contributed by atoms with Crippen LogP contribution in [0.3, 0.4) is 0 Å². The van der Waals surface area contributed by atoms with Crippen LogP contribution in [0.15, 0.2) is 36.4 Å². The number of nitro groups is 1. The van der Waals surface area contributed by atoms with E-state index in [0.717, 1.165) is 12.1 Å². The maximum atomic E-state index is 13.4. The van der Waals surface area contributed by atoms with Crippen molar-refractivity contribution in [3.8, 4) is 11.8 Å². The van der Waals surface area contributed by atoms with Gasteiger partial charge in [-0.05, 0) is 29.8 Å². The van der Waals surface area contributed by atoms with Crippen LogP contribution in [0.2, 0.25) is 0 Å². The molecule has 1 fully saturated rings. The van der Waals surface area contributed by atoms with Gasteiger partial charge in [-0.15, -0.1) is 0 Å². The molecule has 0 unspecified atom stereocenters. The fourth-order valence-electron chi connectivity index (χ4n) is 5.93. The van der Waals surface area contributed by atoms with Crippen molar-refractivity contribution in [1.82, 2.24) is 4.90 Å². The van der Waals surface area contributed by atoms with Crippen LogP contribution < -0.4 is 4.74 Å². The summed E-state index contributed by atoms with van der Waals surface area (Å²) in [4.78, 5) is 25.4. The number of carbonyl (C=O) groups is 1. The van der Waals surface area contributed by atoms with Gasteiger partial charge in [0.2, 0.25) is 0 Å². The standard InChI is InChI=1S/C24H22F3N3O4/c1-22(2)20(29-12-14-9-15(30(32)33)6-8-17(14)19(29)31)23(3,4)21(22)34-16-7-5-13(11-28)18(10-16)24(25,26)27/h5-10,20-21H,12H2,1-4H3. The molecule has 2 aromatic rings. The molecule has 34 heavy (non-hydrogen) atoms. The second-order valence-electron chi connectivity index (χ2n) is 9.89. The smallest absolute Gasteiger partial charge is 0.417 e. The van der Waals surface area contributed by atoms with E-state index < -0.39 is 39.2 Å². The van der Waals surface area contributed by atoms with Gasteiger partial charge in [-0.3, -0.25) is 14.9 Å². The van der Waals surface area contributed by atoms with E-state index in [4.69, 9.17) is 10.00 Å². The van der Waals surface area contributed by atoms with Crippen LogP contribution in [0.5, 0.6) is 5.75 Å². The normalized spacial score (nSPS) is 22.5. The lowest BCUT2D eigenvalue weighted by atomic mass is 9.49. The predicted molar refractivity (Wildman–Crippen MR) is 115 cm³/mol. The average molecular weight is 473 g/mol. The van der Waals surface area contributed by atoms with Crippen molar-refractivity contribution in [2.75, 3.05) is 0 Å². The number of carbonyl (C=O) groups excluding carboxylic acids is 1. The first-order valence-corrected chi connectivity index (χ1v) is 10.6. The predicted octanol–water partition coefficient (Wildman–Crippen LogP) is 5.32. The second kappa shape index (κ2) is 7.45. The van der Waals surface area contributed by atoms with E-state index in [1.54, 1.807) is 11.0 Å². The highest BCUT2D eigenvalue weighted by Crippen LogP contribution is 2.59. The molecule has 0 bridgehead atoms. The first kappa shape index (κ1) is 23.5. The number of fused-ring (bicyclic) bond motifs is 1. The molecule has 7 nitrogen and oxygen atoms in total. The van der Waals surface area contributed by atoms with Crippen molar-refractivity contribution in [2.45, 2.75) is 52.6 Å². The highest BCUT2D eigenvalue weighted by Gasteiger charge is 2.67. The summed E-state index contributed by atoms with van der Waals surface area (Å²) in [6.45, 7) is 7.71. The number of alkyl halides is 3. The first-order valence-electron chi connectivity index (χ1n) is 10.6. The number of halogens is 3. The zero-order chi connectivity index (χ0) is 25.2. The number of ether oxygens (including phenoxy) is 1. The summed E-state index contributed by atoms with van der Waals surface area (Å²) in [5.41, 5.74) is -1.95. The molecule has 2 aromatic carbocycles. The van der Waals surface area contributed by atoms with E-state index >= 15 is 0 Å². The summed E-state index contributed by atoms with van der Waals surface area (Å²) in [5, 5.41) is 20.1. The summed E-state index contributed by atoms with van der Waals surface area (Å²) >= 11 is 0. The minimum absolute atomic E-state index is 0.0115. The SMILES string of the molecule is CC1(C)C(Oc2ccc(C#N)c(C(F)(F)F)c2)C(C)(C)C1N1Cc2cc([N+](=O)[O-])ccc2C1=O. The third-order valence-corrected chi connectivity index (χ3v) is 6.88. The molecule has 0 spiro atoms. The van der Waals surface area contributed by atoms with E-state index in [1.165, 1.54) is 24.3 Å². The monoisotopic (exact) mass is 473 g/mol. The third-order valence-electron chi connectivity index (χ3n) is 6.88. The fourth-order valence-corrected chi connectivity index (χ4v) is 5.93. The quantitative estimate of drug-likeness (QED) is 0.442. The van der Waals surface area contributed by atoms with Crippen molar-refractivity contribution in [3.05, 3.63) is 68.8 Å². The molecule has 4 rings (SSSR count). The summed E-state index contributed by atoms with van der Waals surface area (Å²) in [7, 11) is 0. The number of rotatable bonds is 4. The fraction of sp³-hybridized carbons (Fsp3) is 0.417. The zero-order valence-corrected chi connectivity index (χ0v) is 18.9. The Hall–Kier alpha value is -3.61. The van der Waals surface area contributed by atoms with Gasteiger partial charge in [-0.1, -0.05) is 27.7 Å². The van der Waals surface area contributed by atoms with Crippen LogP contribution in [-0.2, 0) is 12.7 Å². The molecular formula is C24H22F3N3O4. The molecule has 1 aliphatic carbocycles. The highest BCUT2D eigenvalue weighted by atomic mass is 19.4. The number of nitro benzene ring substituents is 1. The van der Waals surface area contributed by atoms with Crippen molar-refractivity contribution >= 4 is 11.6 Å². The van der Waals surface area contributed by atoms with Gasteiger partial charge in [0.1, 0.15) is 11.9 Å². The maximum absolute atomic E-state index is 13.4. The molecule has 0 N–H and O–H groups in total. The summed E-state index contributed by atoms with van der Waals surface area (Å²) in [6, 6.07) is 8.62. The number of non-ortho nitro benzene ring substituents is 1. The Morgan fingerprint density at radius 1 is 1.15 bits per heavy atom. The Balaban J connectivity index is 1.61. The summed E-state index contributed by atoms with van der Waals surface area (Å²) in [5.74, 6) is -0.255. The van der Waals surface area contributed by atoms with Gasteiger partial charge in [-0.2, -0.15) is 18.4 Å². The largest absolute Gasteiger partial charge is 0.489 e. The molecule has 178 valence electrons. The van der Waals surface area contributed by atoms with Gasteiger partial charge in [0.05, 0.1) is 22.1 Å². The van der Waals surface area contributed by atoms with E-state index in [0.29, 0.717) is 11.1 Å². The Morgan fingerprint density at radius 3 is 2.35 bits per heavy atom. The number of nitrogens with zero attached hydrogens (tertiary/aromatic N) is 3. The zero-order valence-electron chi connectivity index (χ0n) is 18.9. The van der Waals surface area contributed by atoms with E-state index in [1.807, 2.05) is 27.7 Å². The van der Waals surface area contributed by atoms with Crippen molar-refractivity contribution in [2.24, 2.45) is 10.8 Å². The van der Waals surface area contributed by atoms with Crippen LogP contribution in [0.4, 0.5) is 18.9 Å². The van der Waals surface area contributed by atoms with Gasteiger partial charge in [0.25, 0.3) is 11.6 Å². The number of amides is 1. The minimum Gasteiger partial charge on any atom is -0.489 e. The molecule has 0 saturated heterocycles. The Morgan fingerprint density at radius 2 is 1.79 bits per heavy atom. The second-order valence-corrected chi connectivity index (χ2v) is 9.89. The van der Waals surface area contributed by atoms with E-state index in [2.05, 4.69) is 0 Å². The number of nitriles is 1. The molecule has 0 aromatic heterocycles. The topological polar surface area (TPSA) is 96.5 Å². The molecular weight excluding hydrogens is 451 g/mol. The molecule has 10 heteroatoms. The van der Waals surface area contributed by atoms with Gasteiger partial charge in [-0.25, -0.2) is 0 Å². The Labute approximate surface area is 193 Å². The number of hydrogen-bond acceptors (Lipinski definition) is 5. The van der Waals surface area contributed by atoms with E-state index in [9.17, 15) is 28.1 Å². The van der Waals surface area contributed by atoms with Crippen molar-refractivity contribution < 1.29 is 27.6 Å². The molecule has 1 amide bonds. The maximum Gasteiger partial charge on any atom is 0.417 e. The minimum atomic E-state index is -4.70. The van der Waals surface area contributed by atoms with Gasteiger partial charge >= 0.3 is 6.18 Å². The van der Waals surface area contributed by atoms with Crippen molar-refractivity contribution in [3.63, 3.8) is 0 Å². The van der Waals surface area contributed by atoms with Crippen molar-refractivity contribution in [1.29, 1.82) is 5.26 Å². The van der Waals surface area contributed by atoms with Crippen LogP contribution in [0.25, 0.3) is 0 Å². The van der Waals surface area contributed by atoms with Crippen LogP contribution in [0, 0.1) is 32.3 Å². The third kappa shape index (κ3) is 3.47. The highest BCUT2D eigenvalue weighted by molar-refractivity contribution is 5.99. The lowest BCUT2D eigenvalue weighted by molar-refractivity contribution is -0.384. The summed E-state index contributed by atoms with van der Waals surface area (Å²) in [6.07, 6.45) is -5.24. The van der Waals surface area contributed by atoms with Gasteiger partial charge in [0, 0.05) is 41.1 Å². The van der Waals surface area contributed by atoms with E-state index in [-0.39, 0.29) is 29.9 Å². The average Bonchev–Trinajstić information content (AvgIpc) is 3.05. The Kier molecular flexibility index (Phi) is 5.16. The Bertz CT molecular complexity index is 1230. The number of hydrogen-bond donors (Lipinski definition) is 0. The molecule has 1 heterocycles. The molecule has 2 aliphatic rings. The molecule has 0 atom stereocenters.